The van der Waals surface area contributed by atoms with Crippen LogP contribution in [-0.2, 0) is 0 Å². The van der Waals surface area contributed by atoms with Gasteiger partial charge in [-0.15, -0.1) is 11.7 Å². The summed E-state index contributed by atoms with van der Waals surface area (Å²) in [6, 6.07) is 7.93. The smallest absolute Gasteiger partial charge is 0.0574 e. The van der Waals surface area contributed by atoms with Crippen LogP contribution in [0.15, 0.2) is 24.3 Å². The molecule has 0 aliphatic carbocycles. The van der Waals surface area contributed by atoms with Crippen molar-refractivity contribution in [3.05, 3.63) is 34.9 Å². The van der Waals surface area contributed by atoms with Gasteiger partial charge >= 0.3 is 0 Å². The van der Waals surface area contributed by atoms with E-state index in [1.165, 1.54) is 5.56 Å². The molecule has 0 spiro atoms. The number of nitrogens with one attached hydrogen (secondary N) is 1. The normalized spacial score (nSPS) is 13.9. The molecular formula is C11H16ClNS2. The Balaban J connectivity index is 2.97. The molecule has 1 nitrogen and oxygen atoms in total. The molecule has 84 valence electrons. The minimum atomic E-state index is 0.000244. The van der Waals surface area contributed by atoms with Gasteiger partial charge in [-0.3, -0.25) is 0 Å². The summed E-state index contributed by atoms with van der Waals surface area (Å²) in [6.07, 6.45) is 0. The summed E-state index contributed by atoms with van der Waals surface area (Å²) in [5.41, 5.74) is 1.24. The topological polar surface area (TPSA) is 12.0 Å². The predicted molar refractivity (Wildman–Crippen MR) is 73.9 cm³/mol. The third kappa shape index (κ3) is 3.31. The molecule has 0 unspecified atom stereocenters. The molecule has 0 aromatic heterocycles. The van der Waals surface area contributed by atoms with E-state index in [9.17, 15) is 0 Å². The van der Waals surface area contributed by atoms with Gasteiger partial charge in [0.25, 0.3) is 0 Å². The van der Waals surface area contributed by atoms with Crippen molar-refractivity contribution in [2.24, 2.45) is 0 Å². The maximum absolute atomic E-state index is 5.87. The predicted octanol–water partition coefficient (Wildman–Crippen LogP) is 3.96. The van der Waals surface area contributed by atoms with Gasteiger partial charge in [0.1, 0.15) is 0 Å². The fraction of sp³-hybridized carbons (Fsp3) is 0.455. The van der Waals surface area contributed by atoms with Crippen LogP contribution < -0.4 is 5.32 Å². The van der Waals surface area contributed by atoms with Crippen molar-refractivity contribution in [2.45, 2.75) is 24.6 Å². The van der Waals surface area contributed by atoms with Crippen LogP contribution in [0.25, 0.3) is 0 Å². The number of hydrogen-bond donors (Lipinski definition) is 2. The summed E-state index contributed by atoms with van der Waals surface area (Å²) in [4.78, 5) is 0. The number of rotatable bonds is 4. The quantitative estimate of drug-likeness (QED) is 0.629. The van der Waals surface area contributed by atoms with Crippen molar-refractivity contribution in [3.8, 4) is 0 Å². The van der Waals surface area contributed by atoms with Gasteiger partial charge in [-0.1, -0.05) is 34.5 Å². The molecule has 0 heterocycles. The Morgan fingerprint density at radius 3 is 2.27 bits per heavy atom. The van der Waals surface area contributed by atoms with Gasteiger partial charge in [0.2, 0.25) is 0 Å². The van der Waals surface area contributed by atoms with Crippen molar-refractivity contribution in [2.75, 3.05) is 7.05 Å². The van der Waals surface area contributed by atoms with Crippen LogP contribution in [-0.4, -0.2) is 12.6 Å². The van der Waals surface area contributed by atoms with Crippen molar-refractivity contribution in [1.29, 1.82) is 0 Å². The molecule has 0 radical (unpaired) electrons. The summed E-state index contributed by atoms with van der Waals surface area (Å²) in [5, 5.41) is 4.36. The minimum absolute atomic E-state index is 0.000244. The van der Waals surface area contributed by atoms with Gasteiger partial charge < -0.3 is 5.32 Å². The summed E-state index contributed by atoms with van der Waals surface area (Å²) in [6.45, 7) is 4.32. The molecule has 0 saturated carbocycles. The zero-order valence-corrected chi connectivity index (χ0v) is 11.6. The maximum Gasteiger partial charge on any atom is 0.0574 e. The van der Waals surface area contributed by atoms with Gasteiger partial charge in [0, 0.05) is 10.6 Å². The lowest BCUT2D eigenvalue weighted by Gasteiger charge is -2.32. The van der Waals surface area contributed by atoms with Gasteiger partial charge in [0.15, 0.2) is 0 Å². The first-order chi connectivity index (χ1) is 7.01. The Kier molecular flexibility index (Phi) is 4.84. The van der Waals surface area contributed by atoms with Crippen LogP contribution in [0.5, 0.6) is 0 Å². The van der Waals surface area contributed by atoms with Crippen LogP contribution in [0.2, 0.25) is 5.02 Å². The zero-order chi connectivity index (χ0) is 11.5. The zero-order valence-electron chi connectivity index (χ0n) is 9.12. The minimum Gasteiger partial charge on any atom is -0.313 e. The molecule has 15 heavy (non-hydrogen) atoms. The maximum atomic E-state index is 5.87. The van der Waals surface area contributed by atoms with Crippen LogP contribution in [0.4, 0.5) is 0 Å². The van der Waals surface area contributed by atoms with E-state index in [1.54, 1.807) is 10.8 Å². The summed E-state index contributed by atoms with van der Waals surface area (Å²) >= 11 is 10.2. The van der Waals surface area contributed by atoms with Crippen LogP contribution in [0, 0.1) is 0 Å². The molecule has 4 heteroatoms. The number of halogens is 1. The molecule has 1 atom stereocenters. The Labute approximate surface area is 106 Å². The van der Waals surface area contributed by atoms with E-state index in [1.807, 2.05) is 19.2 Å². The van der Waals surface area contributed by atoms with E-state index in [0.717, 1.165) is 5.02 Å². The highest BCUT2D eigenvalue weighted by Gasteiger charge is 2.28. The Morgan fingerprint density at radius 2 is 1.87 bits per heavy atom. The number of likely N-dealkylation sites (N-methyl/N-ethyl adjacent to an activating group) is 1. The molecular weight excluding hydrogens is 246 g/mol. The molecule has 1 N–H and O–H groups in total. The monoisotopic (exact) mass is 261 g/mol. The first-order valence-corrected chi connectivity index (χ1v) is 7.07. The van der Waals surface area contributed by atoms with E-state index in [0.29, 0.717) is 5.25 Å². The van der Waals surface area contributed by atoms with E-state index < -0.39 is 0 Å². The molecule has 0 bridgehead atoms. The number of thiol groups is 1. The summed E-state index contributed by atoms with van der Waals surface area (Å²) in [7, 11) is 3.51. The fourth-order valence-electron chi connectivity index (χ4n) is 1.38. The average Bonchev–Trinajstić information content (AvgIpc) is 2.22. The molecule has 1 rings (SSSR count). The summed E-state index contributed by atoms with van der Waals surface area (Å²) in [5.74, 6) is 0. The standard InChI is InChI=1S/C11H16ClNS2/c1-11(2,13-3)10(15-14)8-4-6-9(12)7-5-8/h4-7,10,13-14H,1-3H3/t10-/m1/s1. The highest BCUT2D eigenvalue weighted by molar-refractivity contribution is 8.68. The Morgan fingerprint density at radius 1 is 1.33 bits per heavy atom. The van der Waals surface area contributed by atoms with Crippen molar-refractivity contribution in [1.82, 2.24) is 5.32 Å². The average molecular weight is 262 g/mol. The van der Waals surface area contributed by atoms with E-state index in [2.05, 4.69) is 43.0 Å². The molecule has 0 aliphatic heterocycles. The lowest BCUT2D eigenvalue weighted by molar-refractivity contribution is 0.415. The third-order valence-electron chi connectivity index (χ3n) is 2.58. The first-order valence-electron chi connectivity index (χ1n) is 4.76. The van der Waals surface area contributed by atoms with Gasteiger partial charge in [0.05, 0.1) is 5.25 Å². The van der Waals surface area contributed by atoms with Gasteiger partial charge in [-0.2, -0.15) is 0 Å². The van der Waals surface area contributed by atoms with Crippen LogP contribution in [0.3, 0.4) is 0 Å². The lowest BCUT2D eigenvalue weighted by Crippen LogP contribution is -2.40. The second-order valence-electron chi connectivity index (χ2n) is 4.01. The van der Waals surface area contributed by atoms with E-state index in [4.69, 9.17) is 11.6 Å². The Hall–Kier alpha value is 0.170. The van der Waals surface area contributed by atoms with E-state index >= 15 is 0 Å². The fourth-order valence-corrected chi connectivity index (χ4v) is 3.32. The SMILES string of the molecule is CNC(C)(C)[C@H](SS)c1ccc(Cl)cc1. The molecule has 0 aliphatic rings. The van der Waals surface area contributed by atoms with Gasteiger partial charge in [-0.25, -0.2) is 0 Å². The lowest BCUT2D eigenvalue weighted by atomic mass is 9.94. The van der Waals surface area contributed by atoms with Crippen LogP contribution in [0.1, 0.15) is 24.7 Å². The van der Waals surface area contributed by atoms with Crippen molar-refractivity contribution < 1.29 is 0 Å². The molecule has 1 aromatic rings. The molecule has 0 amide bonds. The molecule has 0 fully saturated rings. The second-order valence-corrected chi connectivity index (χ2v) is 5.76. The van der Waals surface area contributed by atoms with Gasteiger partial charge in [-0.05, 0) is 38.6 Å². The molecule has 1 aromatic carbocycles. The highest BCUT2D eigenvalue weighted by atomic mass is 35.5. The van der Waals surface area contributed by atoms with E-state index in [-0.39, 0.29) is 5.54 Å². The second kappa shape index (κ2) is 5.48. The third-order valence-corrected chi connectivity index (χ3v) is 4.53. The summed E-state index contributed by atoms with van der Waals surface area (Å²) < 4.78 is 0. The first kappa shape index (κ1) is 13.2. The number of hydrogen-bond acceptors (Lipinski definition) is 3. The molecule has 0 saturated heterocycles. The number of benzene rings is 1. The highest BCUT2D eigenvalue weighted by Crippen LogP contribution is 2.40. The van der Waals surface area contributed by atoms with Crippen molar-refractivity contribution in [3.63, 3.8) is 0 Å². The van der Waals surface area contributed by atoms with Crippen LogP contribution >= 0.6 is 34.1 Å². The van der Waals surface area contributed by atoms with Crippen molar-refractivity contribution >= 4 is 34.1 Å². The largest absolute Gasteiger partial charge is 0.313 e. The Bertz CT molecular complexity index is 311.